The van der Waals surface area contributed by atoms with Crippen LogP contribution >= 0.6 is 0 Å². The molecule has 0 bridgehead atoms. The second-order valence-electron chi connectivity index (χ2n) is 7.55. The van der Waals surface area contributed by atoms with E-state index >= 15 is 0 Å². The van der Waals surface area contributed by atoms with Crippen molar-refractivity contribution in [3.05, 3.63) is 54.1 Å². The Bertz CT molecular complexity index is 946. The summed E-state index contributed by atoms with van der Waals surface area (Å²) in [7, 11) is -3.19. The van der Waals surface area contributed by atoms with E-state index < -0.39 is 21.5 Å². The molecule has 3 rings (SSSR count). The molecule has 0 aliphatic carbocycles. The van der Waals surface area contributed by atoms with Crippen molar-refractivity contribution in [3.8, 4) is 11.5 Å². The summed E-state index contributed by atoms with van der Waals surface area (Å²) in [6, 6.07) is 9.78. The van der Waals surface area contributed by atoms with Crippen LogP contribution in [-0.2, 0) is 9.84 Å². The first kappa shape index (κ1) is 23.4. The quantitative estimate of drug-likeness (QED) is 0.515. The Morgan fingerprint density at radius 1 is 0.871 bits per heavy atom. The normalized spacial score (nSPS) is 15.7. The number of halogens is 2. The zero-order valence-electron chi connectivity index (χ0n) is 17.6. The zero-order valence-corrected chi connectivity index (χ0v) is 18.4. The fraction of sp³-hybridized carbons (Fsp3) is 0.455. The minimum atomic E-state index is -3.19. The molecule has 0 amide bonds. The Morgan fingerprint density at radius 2 is 1.52 bits per heavy atom. The first-order chi connectivity index (χ1) is 14.8. The molecule has 1 aliphatic heterocycles. The van der Waals surface area contributed by atoms with Crippen molar-refractivity contribution < 1.29 is 26.7 Å². The Morgan fingerprint density at radius 3 is 2.13 bits per heavy atom. The second kappa shape index (κ2) is 10.9. The predicted molar refractivity (Wildman–Crippen MR) is 114 cm³/mol. The van der Waals surface area contributed by atoms with E-state index in [1.54, 1.807) is 24.3 Å². The van der Waals surface area contributed by atoms with Crippen molar-refractivity contribution in [3.63, 3.8) is 0 Å². The van der Waals surface area contributed by atoms with Gasteiger partial charge in [-0.2, -0.15) is 0 Å². The molecule has 0 atom stereocenters. The van der Waals surface area contributed by atoms with Crippen molar-refractivity contribution in [2.24, 2.45) is 0 Å². The highest BCUT2D eigenvalue weighted by atomic mass is 32.2. The molecule has 9 heteroatoms. The van der Waals surface area contributed by atoms with Gasteiger partial charge < -0.3 is 14.4 Å². The highest BCUT2D eigenvalue weighted by molar-refractivity contribution is 7.90. The third-order valence-electron chi connectivity index (χ3n) is 5.16. The highest BCUT2D eigenvalue weighted by Crippen LogP contribution is 2.18. The van der Waals surface area contributed by atoms with Gasteiger partial charge in [-0.15, -0.1) is 0 Å². The summed E-state index contributed by atoms with van der Waals surface area (Å²) in [5.41, 5.74) is 0. The maximum Gasteiger partial charge on any atom is 0.175 e. The van der Waals surface area contributed by atoms with Gasteiger partial charge in [0.05, 0.1) is 11.5 Å². The van der Waals surface area contributed by atoms with Crippen LogP contribution in [0.25, 0.3) is 0 Å². The van der Waals surface area contributed by atoms with Crippen molar-refractivity contribution in [1.82, 2.24) is 9.80 Å². The topological polar surface area (TPSA) is 59.1 Å². The van der Waals surface area contributed by atoms with Crippen LogP contribution in [0.1, 0.15) is 6.42 Å². The maximum atomic E-state index is 13.6. The molecule has 0 N–H and O–H groups in total. The third-order valence-corrected chi connectivity index (χ3v) is 6.29. The monoisotopic (exact) mass is 454 g/mol. The van der Waals surface area contributed by atoms with Crippen LogP contribution in [-0.4, -0.2) is 77.0 Å². The summed E-state index contributed by atoms with van der Waals surface area (Å²) in [5, 5.41) is 0. The fourth-order valence-corrected chi connectivity index (χ4v) is 4.01. The lowest BCUT2D eigenvalue weighted by molar-refractivity contribution is 0.111. The van der Waals surface area contributed by atoms with Gasteiger partial charge in [0.2, 0.25) is 0 Å². The minimum absolute atomic E-state index is 0.0750. The molecule has 2 aromatic rings. The van der Waals surface area contributed by atoms with E-state index in [-0.39, 0.29) is 10.6 Å². The Labute approximate surface area is 182 Å². The molecular formula is C22H28F2N2O4S. The molecular weight excluding hydrogens is 426 g/mol. The molecule has 0 radical (unpaired) electrons. The molecule has 0 unspecified atom stereocenters. The van der Waals surface area contributed by atoms with Crippen LogP contribution in [0.15, 0.2) is 47.4 Å². The second-order valence-corrected chi connectivity index (χ2v) is 9.57. The summed E-state index contributed by atoms with van der Waals surface area (Å²) < 4.78 is 60.5. The van der Waals surface area contributed by atoms with Gasteiger partial charge in [0.15, 0.2) is 21.4 Å². The standard InChI is InChI=1S/C22H28F2N2O4S/c1-31(27,28)20-6-4-19(5-7-20)29-15-2-9-25-10-12-26(13-11-25)14-16-30-22-8-3-18(23)17-21(22)24/h3-8,17H,2,9-16H2,1H3. The lowest BCUT2D eigenvalue weighted by Crippen LogP contribution is -2.47. The molecule has 0 spiro atoms. The average molecular weight is 455 g/mol. The van der Waals surface area contributed by atoms with Crippen molar-refractivity contribution in [1.29, 1.82) is 0 Å². The van der Waals surface area contributed by atoms with Gasteiger partial charge in [0.1, 0.15) is 18.2 Å². The van der Waals surface area contributed by atoms with Crippen LogP contribution in [0, 0.1) is 11.6 Å². The molecule has 31 heavy (non-hydrogen) atoms. The molecule has 2 aromatic carbocycles. The van der Waals surface area contributed by atoms with Gasteiger partial charge >= 0.3 is 0 Å². The number of nitrogens with zero attached hydrogens (tertiary/aromatic N) is 2. The van der Waals surface area contributed by atoms with Gasteiger partial charge in [-0.1, -0.05) is 0 Å². The van der Waals surface area contributed by atoms with E-state index in [9.17, 15) is 17.2 Å². The lowest BCUT2D eigenvalue weighted by Gasteiger charge is -2.34. The van der Waals surface area contributed by atoms with E-state index in [1.165, 1.54) is 18.4 Å². The first-order valence-electron chi connectivity index (χ1n) is 10.3. The van der Waals surface area contributed by atoms with Crippen molar-refractivity contribution in [2.45, 2.75) is 11.3 Å². The zero-order chi connectivity index (χ0) is 22.3. The Balaban J connectivity index is 1.28. The number of ether oxygens (including phenoxy) is 2. The van der Waals surface area contributed by atoms with E-state index in [2.05, 4.69) is 9.80 Å². The van der Waals surface area contributed by atoms with Gasteiger partial charge in [-0.3, -0.25) is 4.90 Å². The fourth-order valence-electron chi connectivity index (χ4n) is 3.37. The molecule has 0 aromatic heterocycles. The van der Waals surface area contributed by atoms with Gasteiger partial charge in [-0.05, 0) is 42.8 Å². The molecule has 0 saturated carbocycles. The van der Waals surface area contributed by atoms with E-state index in [4.69, 9.17) is 9.47 Å². The average Bonchev–Trinajstić information content (AvgIpc) is 2.73. The van der Waals surface area contributed by atoms with Crippen LogP contribution in [0.4, 0.5) is 8.78 Å². The number of piperazine rings is 1. The third kappa shape index (κ3) is 7.45. The van der Waals surface area contributed by atoms with E-state index in [0.717, 1.165) is 45.2 Å². The lowest BCUT2D eigenvalue weighted by atomic mass is 10.3. The van der Waals surface area contributed by atoms with Crippen LogP contribution in [0.5, 0.6) is 11.5 Å². The smallest absolute Gasteiger partial charge is 0.175 e. The van der Waals surface area contributed by atoms with Crippen LogP contribution in [0.3, 0.4) is 0 Å². The van der Waals surface area contributed by atoms with Crippen LogP contribution < -0.4 is 9.47 Å². The molecule has 170 valence electrons. The maximum absolute atomic E-state index is 13.6. The number of rotatable bonds is 10. The summed E-state index contributed by atoms with van der Waals surface area (Å²) in [6.45, 7) is 6.22. The summed E-state index contributed by atoms with van der Waals surface area (Å²) in [5.74, 6) is -0.560. The molecule has 6 nitrogen and oxygen atoms in total. The number of hydrogen-bond donors (Lipinski definition) is 0. The van der Waals surface area contributed by atoms with Gasteiger partial charge in [-0.25, -0.2) is 17.2 Å². The summed E-state index contributed by atoms with van der Waals surface area (Å²) >= 11 is 0. The van der Waals surface area contributed by atoms with E-state index in [1.807, 2.05) is 0 Å². The first-order valence-corrected chi connectivity index (χ1v) is 12.2. The van der Waals surface area contributed by atoms with Gasteiger partial charge in [0.25, 0.3) is 0 Å². The number of sulfone groups is 1. The molecule has 1 heterocycles. The number of benzene rings is 2. The predicted octanol–water partition coefficient (Wildman–Crippen LogP) is 2.83. The largest absolute Gasteiger partial charge is 0.494 e. The minimum Gasteiger partial charge on any atom is -0.494 e. The van der Waals surface area contributed by atoms with Crippen molar-refractivity contribution >= 4 is 9.84 Å². The SMILES string of the molecule is CS(=O)(=O)c1ccc(OCCCN2CCN(CCOc3ccc(F)cc3F)CC2)cc1. The molecule has 1 fully saturated rings. The summed E-state index contributed by atoms with van der Waals surface area (Å²) in [6.07, 6.45) is 2.06. The van der Waals surface area contributed by atoms with Crippen molar-refractivity contribution in [2.75, 3.05) is 58.7 Å². The summed E-state index contributed by atoms with van der Waals surface area (Å²) in [4.78, 5) is 4.91. The Kier molecular flexibility index (Phi) is 8.22. The molecule has 1 saturated heterocycles. The molecule has 1 aliphatic rings. The highest BCUT2D eigenvalue weighted by Gasteiger charge is 2.16. The number of hydrogen-bond acceptors (Lipinski definition) is 6. The van der Waals surface area contributed by atoms with Gasteiger partial charge in [0, 0.05) is 51.6 Å². The Hall–Kier alpha value is -2.23. The van der Waals surface area contributed by atoms with E-state index in [0.29, 0.717) is 25.5 Å². The van der Waals surface area contributed by atoms with Crippen LogP contribution in [0.2, 0.25) is 0 Å².